The van der Waals surface area contributed by atoms with Gasteiger partial charge in [-0.05, 0) is 55.9 Å². The summed E-state index contributed by atoms with van der Waals surface area (Å²) in [6.45, 7) is 3.39. The Morgan fingerprint density at radius 1 is 1.06 bits per heavy atom. The molecule has 0 bridgehead atoms. The Morgan fingerprint density at radius 2 is 1.76 bits per heavy atom. The summed E-state index contributed by atoms with van der Waals surface area (Å²) in [5, 5.41) is 6.16. The van der Waals surface area contributed by atoms with E-state index in [1.54, 1.807) is 44.3 Å². The predicted molar refractivity (Wildman–Crippen MR) is 130 cm³/mol. The van der Waals surface area contributed by atoms with Crippen molar-refractivity contribution in [2.75, 3.05) is 0 Å². The van der Waals surface area contributed by atoms with Crippen molar-refractivity contribution in [3.63, 3.8) is 0 Å². The molecule has 2 atom stereocenters. The maximum absolute atomic E-state index is 12.3. The van der Waals surface area contributed by atoms with Crippen LogP contribution in [0.3, 0.4) is 0 Å². The van der Waals surface area contributed by atoms with Crippen molar-refractivity contribution >= 4 is 24.1 Å². The zero-order valence-corrected chi connectivity index (χ0v) is 19.7. The Bertz CT molecular complexity index is 945. The second kappa shape index (κ2) is 14.5. The maximum atomic E-state index is 12.3. The molecule has 182 valence electrons. The minimum Gasteiger partial charge on any atom is -0.442 e. The fourth-order valence-corrected chi connectivity index (χ4v) is 3.33. The van der Waals surface area contributed by atoms with Gasteiger partial charge in [-0.3, -0.25) is 14.4 Å². The molecule has 0 aliphatic heterocycles. The molecule has 0 spiro atoms. The number of carbonyl (C=O) groups is 3. The van der Waals surface area contributed by atoms with E-state index in [0.717, 1.165) is 18.4 Å². The molecule has 3 N–H and O–H groups in total. The van der Waals surface area contributed by atoms with E-state index >= 15 is 0 Å². The number of unbranched alkanes of at least 4 members (excludes halogenated alkanes) is 1. The molecule has 0 saturated heterocycles. The highest BCUT2D eigenvalue weighted by Crippen LogP contribution is 2.16. The monoisotopic (exact) mass is 467 g/mol. The Kier molecular flexibility index (Phi) is 11.3. The number of esters is 2. The van der Waals surface area contributed by atoms with Crippen molar-refractivity contribution < 1.29 is 23.9 Å². The lowest BCUT2D eigenvalue weighted by Crippen LogP contribution is -2.36. The highest BCUT2D eigenvalue weighted by atomic mass is 16.6. The third-order valence-electron chi connectivity index (χ3n) is 5.20. The lowest BCUT2D eigenvalue weighted by molar-refractivity contribution is -0.156. The van der Waals surface area contributed by atoms with E-state index in [4.69, 9.17) is 15.3 Å². The van der Waals surface area contributed by atoms with Gasteiger partial charge in [0.05, 0.1) is 18.6 Å². The highest BCUT2D eigenvalue weighted by molar-refractivity contribution is 5.82. The topological polar surface area (TPSA) is 120 Å². The van der Waals surface area contributed by atoms with Crippen LogP contribution in [-0.2, 0) is 25.5 Å². The number of aryl methyl sites for hydroxylation is 1. The fourth-order valence-electron chi connectivity index (χ4n) is 3.33. The molecular weight excluding hydrogens is 434 g/mol. The van der Waals surface area contributed by atoms with E-state index in [-0.39, 0.29) is 12.3 Å². The van der Waals surface area contributed by atoms with Crippen LogP contribution in [0.4, 0.5) is 0 Å². The molecule has 0 heterocycles. The van der Waals surface area contributed by atoms with Crippen LogP contribution in [0, 0.1) is 5.92 Å². The van der Waals surface area contributed by atoms with Crippen LogP contribution in [0.5, 0.6) is 5.75 Å². The van der Waals surface area contributed by atoms with Crippen molar-refractivity contribution in [1.29, 1.82) is 0 Å². The zero-order valence-electron chi connectivity index (χ0n) is 19.7. The standard InChI is InChI=1S/C26H33N3O5/c1-3-22(26(32)34-23-10-5-4-6-11-23)17-25(31)33-19(2)29-24(30)12-8-7-9-20-13-15-21(16-14-20)18-28-27/h4-6,10-11,13-16,18-19,22H,3,7-9,12,17,27H2,1-2H3,(H,29,30)/b28-18+. The number of nitrogens with two attached hydrogens (primary N) is 1. The summed E-state index contributed by atoms with van der Waals surface area (Å²) in [7, 11) is 0. The molecule has 0 radical (unpaired) electrons. The van der Waals surface area contributed by atoms with Gasteiger partial charge in [-0.25, -0.2) is 0 Å². The number of nitrogens with one attached hydrogen (secondary N) is 1. The fraction of sp³-hybridized carbons (Fsp3) is 0.385. The molecule has 0 aliphatic rings. The number of benzene rings is 2. The molecule has 0 aromatic heterocycles. The molecule has 2 unspecified atom stereocenters. The van der Waals surface area contributed by atoms with E-state index in [2.05, 4.69) is 10.4 Å². The number of para-hydroxylation sites is 1. The summed E-state index contributed by atoms with van der Waals surface area (Å²) in [6, 6.07) is 16.6. The number of ether oxygens (including phenoxy) is 2. The van der Waals surface area contributed by atoms with Crippen LogP contribution >= 0.6 is 0 Å². The number of nitrogens with zero attached hydrogens (tertiary/aromatic N) is 1. The molecule has 2 aromatic rings. The van der Waals surface area contributed by atoms with Crippen molar-refractivity contribution in [2.45, 2.75) is 58.6 Å². The Labute approximate surface area is 200 Å². The highest BCUT2D eigenvalue weighted by Gasteiger charge is 2.24. The van der Waals surface area contributed by atoms with Crippen LogP contribution in [-0.4, -0.2) is 30.3 Å². The predicted octanol–water partition coefficient (Wildman–Crippen LogP) is 3.72. The van der Waals surface area contributed by atoms with Gasteiger partial charge in [-0.2, -0.15) is 5.10 Å². The van der Waals surface area contributed by atoms with Crippen molar-refractivity contribution in [2.24, 2.45) is 16.9 Å². The van der Waals surface area contributed by atoms with Gasteiger partial charge in [0.2, 0.25) is 5.91 Å². The van der Waals surface area contributed by atoms with Gasteiger partial charge in [-0.1, -0.05) is 49.4 Å². The lowest BCUT2D eigenvalue weighted by Gasteiger charge is -2.17. The number of hydrogen-bond acceptors (Lipinski definition) is 7. The van der Waals surface area contributed by atoms with E-state index in [0.29, 0.717) is 25.0 Å². The minimum absolute atomic E-state index is 0.113. The normalized spacial score (nSPS) is 12.6. The Morgan fingerprint density at radius 3 is 2.41 bits per heavy atom. The molecule has 34 heavy (non-hydrogen) atoms. The second-order valence-electron chi connectivity index (χ2n) is 7.97. The van der Waals surface area contributed by atoms with Crippen LogP contribution in [0.2, 0.25) is 0 Å². The Balaban J connectivity index is 1.66. The summed E-state index contributed by atoms with van der Waals surface area (Å²) >= 11 is 0. The summed E-state index contributed by atoms with van der Waals surface area (Å²) in [4.78, 5) is 36.7. The third kappa shape index (κ3) is 9.85. The average molecular weight is 468 g/mol. The molecule has 8 heteroatoms. The quantitative estimate of drug-likeness (QED) is 0.0881. The van der Waals surface area contributed by atoms with Crippen LogP contribution in [0.25, 0.3) is 0 Å². The molecule has 8 nitrogen and oxygen atoms in total. The van der Waals surface area contributed by atoms with Crippen molar-refractivity contribution in [1.82, 2.24) is 5.32 Å². The van der Waals surface area contributed by atoms with Gasteiger partial charge in [0.15, 0.2) is 6.23 Å². The molecular formula is C26H33N3O5. The average Bonchev–Trinajstić information content (AvgIpc) is 2.82. The van der Waals surface area contributed by atoms with Crippen molar-refractivity contribution in [3.8, 4) is 5.75 Å². The number of hydrogen-bond donors (Lipinski definition) is 2. The number of amides is 1. The van der Waals surface area contributed by atoms with Crippen LogP contribution in [0.1, 0.15) is 57.1 Å². The third-order valence-corrected chi connectivity index (χ3v) is 5.20. The number of carbonyl (C=O) groups excluding carboxylic acids is 3. The van der Waals surface area contributed by atoms with Gasteiger partial charge < -0.3 is 20.6 Å². The van der Waals surface area contributed by atoms with E-state index in [9.17, 15) is 14.4 Å². The van der Waals surface area contributed by atoms with Crippen LogP contribution < -0.4 is 15.9 Å². The first-order valence-corrected chi connectivity index (χ1v) is 11.5. The second-order valence-corrected chi connectivity index (χ2v) is 7.97. The molecule has 2 rings (SSSR count). The summed E-state index contributed by atoms with van der Waals surface area (Å²) < 4.78 is 10.6. The van der Waals surface area contributed by atoms with Gasteiger partial charge in [0, 0.05) is 6.42 Å². The van der Waals surface area contributed by atoms with Gasteiger partial charge in [-0.15, -0.1) is 0 Å². The number of hydrazone groups is 1. The molecule has 2 aromatic carbocycles. The zero-order chi connectivity index (χ0) is 24.8. The smallest absolute Gasteiger partial charge is 0.314 e. The van der Waals surface area contributed by atoms with Gasteiger partial charge in [0.1, 0.15) is 5.75 Å². The van der Waals surface area contributed by atoms with Crippen LogP contribution in [0.15, 0.2) is 59.7 Å². The van der Waals surface area contributed by atoms with E-state index < -0.39 is 24.1 Å². The summed E-state index contributed by atoms with van der Waals surface area (Å²) in [5.41, 5.74) is 2.11. The molecule has 0 fully saturated rings. The Hall–Kier alpha value is -3.68. The van der Waals surface area contributed by atoms with Gasteiger partial charge >= 0.3 is 11.9 Å². The number of rotatable bonds is 13. The van der Waals surface area contributed by atoms with Gasteiger partial charge in [0.25, 0.3) is 0 Å². The minimum atomic E-state index is -0.778. The first kappa shape index (κ1) is 26.6. The summed E-state index contributed by atoms with van der Waals surface area (Å²) in [5.74, 6) is 3.71. The SMILES string of the molecule is CCC(CC(=O)OC(C)NC(=O)CCCCc1ccc(/C=N/N)cc1)C(=O)Oc1ccccc1. The lowest BCUT2D eigenvalue weighted by atomic mass is 10.0. The molecule has 0 saturated carbocycles. The van der Waals surface area contributed by atoms with E-state index in [1.165, 1.54) is 5.56 Å². The first-order valence-electron chi connectivity index (χ1n) is 11.5. The molecule has 1 amide bonds. The maximum Gasteiger partial charge on any atom is 0.314 e. The largest absolute Gasteiger partial charge is 0.442 e. The first-order chi connectivity index (χ1) is 16.4. The molecule has 0 aliphatic carbocycles. The summed E-state index contributed by atoms with van der Waals surface area (Å²) in [6.07, 6.45) is 3.88. The van der Waals surface area contributed by atoms with E-state index in [1.807, 2.05) is 30.3 Å². The van der Waals surface area contributed by atoms with Crippen molar-refractivity contribution in [3.05, 3.63) is 65.7 Å².